The van der Waals surface area contributed by atoms with Gasteiger partial charge in [0.05, 0.1) is 6.61 Å². The van der Waals surface area contributed by atoms with Crippen molar-refractivity contribution < 1.29 is 9.53 Å². The summed E-state index contributed by atoms with van der Waals surface area (Å²) >= 11 is 0. The van der Waals surface area contributed by atoms with Gasteiger partial charge in [-0.15, -0.1) is 0 Å². The third-order valence-electron chi connectivity index (χ3n) is 2.09. The van der Waals surface area contributed by atoms with Crippen molar-refractivity contribution >= 4 is 12.0 Å². The number of benzene rings is 1. The molecule has 0 heterocycles. The standard InChI is InChI=1S/C13H17NO2/c1-3-12-7-4-5-8-13(12)16-10-6-9-14-11(2)15/h3-5,7-8H,1,6,9-10H2,2H3,(H,14,15). The molecule has 0 atom stereocenters. The molecule has 1 rings (SSSR count). The second kappa shape index (κ2) is 6.67. The monoisotopic (exact) mass is 219 g/mol. The second-order valence-corrected chi connectivity index (χ2v) is 3.43. The minimum atomic E-state index is -0.00788. The molecule has 0 fully saturated rings. The lowest BCUT2D eigenvalue weighted by Crippen LogP contribution is -2.22. The summed E-state index contributed by atoms with van der Waals surface area (Å²) < 4.78 is 5.59. The predicted molar refractivity (Wildman–Crippen MR) is 65.3 cm³/mol. The van der Waals surface area contributed by atoms with Gasteiger partial charge in [-0.3, -0.25) is 4.79 Å². The van der Waals surface area contributed by atoms with Crippen molar-refractivity contribution in [3.63, 3.8) is 0 Å². The Morgan fingerprint density at radius 3 is 2.94 bits per heavy atom. The molecule has 0 saturated carbocycles. The Hall–Kier alpha value is -1.77. The average Bonchev–Trinajstić information content (AvgIpc) is 2.29. The van der Waals surface area contributed by atoms with Gasteiger partial charge in [0.15, 0.2) is 0 Å². The summed E-state index contributed by atoms with van der Waals surface area (Å²) in [6.07, 6.45) is 2.56. The largest absolute Gasteiger partial charge is 0.493 e. The van der Waals surface area contributed by atoms with Gasteiger partial charge in [-0.1, -0.05) is 30.9 Å². The molecule has 1 aromatic carbocycles. The van der Waals surface area contributed by atoms with Gasteiger partial charge in [-0.25, -0.2) is 0 Å². The number of ether oxygens (including phenoxy) is 1. The molecular weight excluding hydrogens is 202 g/mol. The molecule has 0 saturated heterocycles. The summed E-state index contributed by atoms with van der Waals surface area (Å²) in [5, 5.41) is 2.72. The van der Waals surface area contributed by atoms with Crippen LogP contribution < -0.4 is 10.1 Å². The zero-order valence-corrected chi connectivity index (χ0v) is 9.53. The summed E-state index contributed by atoms with van der Waals surface area (Å²) in [7, 11) is 0. The van der Waals surface area contributed by atoms with E-state index >= 15 is 0 Å². The van der Waals surface area contributed by atoms with Crippen LogP contribution in [0.5, 0.6) is 5.75 Å². The fourth-order valence-electron chi connectivity index (χ4n) is 1.30. The highest BCUT2D eigenvalue weighted by atomic mass is 16.5. The summed E-state index contributed by atoms with van der Waals surface area (Å²) in [4.78, 5) is 10.6. The maximum Gasteiger partial charge on any atom is 0.216 e. The predicted octanol–water partition coefficient (Wildman–Crippen LogP) is 2.23. The van der Waals surface area contributed by atoms with E-state index in [1.807, 2.05) is 24.3 Å². The van der Waals surface area contributed by atoms with E-state index in [0.29, 0.717) is 13.2 Å². The summed E-state index contributed by atoms with van der Waals surface area (Å²) in [6.45, 7) is 6.46. The van der Waals surface area contributed by atoms with Crippen LogP contribution in [-0.4, -0.2) is 19.1 Å². The highest BCUT2D eigenvalue weighted by Gasteiger charge is 1.98. The molecule has 0 aliphatic rings. The van der Waals surface area contributed by atoms with Crippen molar-refractivity contribution in [3.05, 3.63) is 36.4 Å². The highest BCUT2D eigenvalue weighted by Crippen LogP contribution is 2.18. The Morgan fingerprint density at radius 2 is 2.25 bits per heavy atom. The van der Waals surface area contributed by atoms with Gasteiger partial charge in [-0.2, -0.15) is 0 Å². The number of carbonyl (C=O) groups is 1. The van der Waals surface area contributed by atoms with Crippen LogP contribution in [0.15, 0.2) is 30.8 Å². The van der Waals surface area contributed by atoms with Crippen LogP contribution in [0.1, 0.15) is 18.9 Å². The molecular formula is C13H17NO2. The molecule has 0 aliphatic carbocycles. The molecule has 0 unspecified atom stereocenters. The quantitative estimate of drug-likeness (QED) is 0.745. The van der Waals surface area contributed by atoms with Crippen molar-refractivity contribution in [2.45, 2.75) is 13.3 Å². The van der Waals surface area contributed by atoms with Gasteiger partial charge in [0.1, 0.15) is 5.75 Å². The van der Waals surface area contributed by atoms with Crippen LogP contribution in [0, 0.1) is 0 Å². The third-order valence-corrected chi connectivity index (χ3v) is 2.09. The molecule has 3 heteroatoms. The fraction of sp³-hybridized carbons (Fsp3) is 0.308. The Morgan fingerprint density at radius 1 is 1.50 bits per heavy atom. The van der Waals surface area contributed by atoms with E-state index in [2.05, 4.69) is 11.9 Å². The molecule has 1 aromatic rings. The van der Waals surface area contributed by atoms with Crippen LogP contribution in [0.25, 0.3) is 6.08 Å². The minimum absolute atomic E-state index is 0.00788. The number of amides is 1. The van der Waals surface area contributed by atoms with Gasteiger partial charge < -0.3 is 10.1 Å². The summed E-state index contributed by atoms with van der Waals surface area (Å²) in [5.74, 6) is 0.826. The lowest BCUT2D eigenvalue weighted by molar-refractivity contribution is -0.118. The molecule has 0 bridgehead atoms. The summed E-state index contributed by atoms with van der Waals surface area (Å²) in [6, 6.07) is 7.74. The molecule has 3 nitrogen and oxygen atoms in total. The van der Waals surface area contributed by atoms with E-state index in [-0.39, 0.29) is 5.91 Å². The molecule has 0 aliphatic heterocycles. The Labute approximate surface area is 96.1 Å². The molecule has 0 aromatic heterocycles. The van der Waals surface area contributed by atoms with Crippen LogP contribution in [0.3, 0.4) is 0 Å². The van der Waals surface area contributed by atoms with Crippen LogP contribution in [0.4, 0.5) is 0 Å². The Bertz CT molecular complexity index is 361. The maximum atomic E-state index is 10.6. The lowest BCUT2D eigenvalue weighted by atomic mass is 10.2. The zero-order valence-electron chi connectivity index (χ0n) is 9.53. The number of para-hydroxylation sites is 1. The van der Waals surface area contributed by atoms with Gasteiger partial charge in [-0.05, 0) is 12.5 Å². The number of rotatable bonds is 6. The number of nitrogens with one attached hydrogen (secondary N) is 1. The minimum Gasteiger partial charge on any atom is -0.493 e. The average molecular weight is 219 g/mol. The SMILES string of the molecule is C=Cc1ccccc1OCCCNC(C)=O. The maximum absolute atomic E-state index is 10.6. The highest BCUT2D eigenvalue weighted by molar-refractivity contribution is 5.72. The van der Waals surface area contributed by atoms with Crippen molar-refractivity contribution in [3.8, 4) is 5.75 Å². The van der Waals surface area contributed by atoms with Gasteiger partial charge >= 0.3 is 0 Å². The van der Waals surface area contributed by atoms with E-state index in [1.165, 1.54) is 6.92 Å². The lowest BCUT2D eigenvalue weighted by Gasteiger charge is -2.08. The van der Waals surface area contributed by atoms with Gasteiger partial charge in [0.25, 0.3) is 0 Å². The molecule has 1 amide bonds. The normalized spacial score (nSPS) is 9.56. The van der Waals surface area contributed by atoms with E-state index < -0.39 is 0 Å². The van der Waals surface area contributed by atoms with E-state index in [4.69, 9.17) is 4.74 Å². The van der Waals surface area contributed by atoms with Crippen molar-refractivity contribution in [2.75, 3.05) is 13.2 Å². The fourth-order valence-corrected chi connectivity index (χ4v) is 1.30. The zero-order chi connectivity index (χ0) is 11.8. The first-order valence-electron chi connectivity index (χ1n) is 5.32. The van der Waals surface area contributed by atoms with E-state index in [1.54, 1.807) is 6.08 Å². The molecule has 86 valence electrons. The first kappa shape index (κ1) is 12.3. The third kappa shape index (κ3) is 4.17. The molecule has 0 spiro atoms. The van der Waals surface area contributed by atoms with Gasteiger partial charge in [0, 0.05) is 19.0 Å². The van der Waals surface area contributed by atoms with Gasteiger partial charge in [0.2, 0.25) is 5.91 Å². The van der Waals surface area contributed by atoms with Crippen LogP contribution >= 0.6 is 0 Å². The Kier molecular flexibility index (Phi) is 5.12. The number of hydrogen-bond acceptors (Lipinski definition) is 2. The van der Waals surface area contributed by atoms with E-state index in [0.717, 1.165) is 17.7 Å². The summed E-state index contributed by atoms with van der Waals surface area (Å²) in [5.41, 5.74) is 0.988. The smallest absolute Gasteiger partial charge is 0.216 e. The second-order valence-electron chi connectivity index (χ2n) is 3.43. The first-order chi connectivity index (χ1) is 7.74. The Balaban J connectivity index is 2.31. The van der Waals surface area contributed by atoms with Crippen molar-refractivity contribution in [1.29, 1.82) is 0 Å². The number of carbonyl (C=O) groups excluding carboxylic acids is 1. The molecule has 0 radical (unpaired) electrons. The van der Waals surface area contributed by atoms with Crippen molar-refractivity contribution in [1.82, 2.24) is 5.32 Å². The topological polar surface area (TPSA) is 38.3 Å². The van der Waals surface area contributed by atoms with Crippen molar-refractivity contribution in [2.24, 2.45) is 0 Å². The first-order valence-corrected chi connectivity index (χ1v) is 5.32. The van der Waals surface area contributed by atoms with Crippen LogP contribution in [-0.2, 0) is 4.79 Å². The van der Waals surface area contributed by atoms with E-state index in [9.17, 15) is 4.79 Å². The molecule has 1 N–H and O–H groups in total. The molecule has 16 heavy (non-hydrogen) atoms. The number of hydrogen-bond donors (Lipinski definition) is 1. The van der Waals surface area contributed by atoms with Crippen LogP contribution in [0.2, 0.25) is 0 Å².